The summed E-state index contributed by atoms with van der Waals surface area (Å²) in [5.41, 5.74) is 3.75. The van der Waals surface area contributed by atoms with E-state index in [2.05, 4.69) is 13.2 Å². The third-order valence-corrected chi connectivity index (χ3v) is 3.10. The summed E-state index contributed by atoms with van der Waals surface area (Å²) in [5.74, 6) is 0.133. The highest BCUT2D eigenvalue weighted by Crippen LogP contribution is 2.25. The lowest BCUT2D eigenvalue weighted by Crippen LogP contribution is -2.14. The summed E-state index contributed by atoms with van der Waals surface area (Å²) in [6.07, 6.45) is 8.92. The number of ketones is 1. The van der Waals surface area contributed by atoms with Gasteiger partial charge in [-0.2, -0.15) is 0 Å². The van der Waals surface area contributed by atoms with E-state index in [0.29, 0.717) is 0 Å². The van der Waals surface area contributed by atoms with Gasteiger partial charge in [0.15, 0.2) is 5.78 Å². The highest BCUT2D eigenvalue weighted by Gasteiger charge is 2.20. The molecule has 0 bridgehead atoms. The zero-order valence-corrected chi connectivity index (χ0v) is 10.4. The maximum absolute atomic E-state index is 12.3. The van der Waals surface area contributed by atoms with Crippen molar-refractivity contribution in [3.05, 3.63) is 84.0 Å². The molecule has 18 heavy (non-hydrogen) atoms. The summed E-state index contributed by atoms with van der Waals surface area (Å²) >= 11 is 0. The van der Waals surface area contributed by atoms with E-state index in [-0.39, 0.29) is 5.78 Å². The predicted molar refractivity (Wildman–Crippen MR) is 75.7 cm³/mol. The number of allylic oxidation sites excluding steroid dienone is 6. The van der Waals surface area contributed by atoms with Gasteiger partial charge in [-0.05, 0) is 30.1 Å². The first kappa shape index (κ1) is 12.3. The summed E-state index contributed by atoms with van der Waals surface area (Å²) in [7, 11) is 0. The third kappa shape index (κ3) is 2.40. The van der Waals surface area contributed by atoms with Crippen LogP contribution in [0.25, 0.3) is 0 Å². The van der Waals surface area contributed by atoms with E-state index < -0.39 is 0 Å². The summed E-state index contributed by atoms with van der Waals surface area (Å²) in [6.45, 7) is 7.40. The summed E-state index contributed by atoms with van der Waals surface area (Å²) in [6, 6.07) is 7.81. The molecule has 1 heteroatoms. The molecule has 1 aliphatic carbocycles. The molecule has 0 heterocycles. The van der Waals surface area contributed by atoms with Crippen molar-refractivity contribution >= 4 is 5.78 Å². The van der Waals surface area contributed by atoms with Gasteiger partial charge >= 0.3 is 0 Å². The van der Waals surface area contributed by atoms with Crippen molar-refractivity contribution in [3.8, 4) is 0 Å². The summed E-state index contributed by atoms with van der Waals surface area (Å²) in [5, 5.41) is 0. The molecule has 0 saturated heterocycles. The highest BCUT2D eigenvalue weighted by atomic mass is 16.1. The molecule has 1 aromatic carbocycles. The number of fused-ring (bicyclic) bond motifs is 1. The van der Waals surface area contributed by atoms with Crippen molar-refractivity contribution in [2.75, 3.05) is 0 Å². The molecule has 1 nitrogen and oxygen atoms in total. The molecule has 90 valence electrons. The van der Waals surface area contributed by atoms with Gasteiger partial charge in [0.25, 0.3) is 0 Å². The molecule has 0 radical (unpaired) electrons. The standard InChI is InChI=1S/C17H16O/c1-3-7-13(4-2)12-15-11-10-14-8-5-6-9-16(14)17(15)18/h3-9,12H,1-2,10-11H2/b13-7+,15-12+. The minimum atomic E-state index is 0.133. The van der Waals surface area contributed by atoms with Gasteiger partial charge in [-0.1, -0.05) is 55.7 Å². The molecule has 1 aromatic rings. The fraction of sp³-hybridized carbons (Fsp3) is 0.118. The van der Waals surface area contributed by atoms with Crippen LogP contribution in [0.4, 0.5) is 0 Å². The van der Waals surface area contributed by atoms with Crippen LogP contribution in [0.1, 0.15) is 22.3 Å². The fourth-order valence-electron chi connectivity index (χ4n) is 2.17. The Balaban J connectivity index is 2.37. The van der Waals surface area contributed by atoms with E-state index in [9.17, 15) is 4.79 Å². The minimum Gasteiger partial charge on any atom is -0.289 e. The Morgan fingerprint density at radius 3 is 2.67 bits per heavy atom. The van der Waals surface area contributed by atoms with Gasteiger partial charge in [0.1, 0.15) is 0 Å². The van der Waals surface area contributed by atoms with E-state index in [1.54, 1.807) is 12.2 Å². The molecule has 2 rings (SSSR count). The fourth-order valence-corrected chi connectivity index (χ4v) is 2.17. The number of hydrogen-bond acceptors (Lipinski definition) is 1. The molecule has 0 unspecified atom stereocenters. The molecule has 0 aromatic heterocycles. The normalized spacial score (nSPS) is 17.4. The number of benzene rings is 1. The SMILES string of the molecule is C=C/C=C(C=C)/C=C1\CCc2ccccc2C1=O. The number of carbonyl (C=O) groups excluding carboxylic acids is 1. The van der Waals surface area contributed by atoms with Crippen LogP contribution < -0.4 is 0 Å². The smallest absolute Gasteiger partial charge is 0.189 e. The number of rotatable bonds is 3. The second kappa shape index (κ2) is 5.46. The van der Waals surface area contributed by atoms with Gasteiger partial charge in [-0.15, -0.1) is 0 Å². The van der Waals surface area contributed by atoms with Gasteiger partial charge in [-0.3, -0.25) is 4.79 Å². The molecule has 0 aliphatic heterocycles. The van der Waals surface area contributed by atoms with Crippen LogP contribution in [-0.4, -0.2) is 5.78 Å². The van der Waals surface area contributed by atoms with E-state index in [1.807, 2.05) is 36.4 Å². The largest absolute Gasteiger partial charge is 0.289 e. The van der Waals surface area contributed by atoms with Crippen LogP contribution in [0.5, 0.6) is 0 Å². The van der Waals surface area contributed by atoms with Crippen LogP contribution in [0.2, 0.25) is 0 Å². The Kier molecular flexibility index (Phi) is 3.73. The molecule has 0 N–H and O–H groups in total. The number of carbonyl (C=O) groups is 1. The third-order valence-electron chi connectivity index (χ3n) is 3.10. The summed E-state index contributed by atoms with van der Waals surface area (Å²) < 4.78 is 0. The topological polar surface area (TPSA) is 17.1 Å². The minimum absolute atomic E-state index is 0.133. The first-order valence-electron chi connectivity index (χ1n) is 6.04. The van der Waals surface area contributed by atoms with Gasteiger partial charge in [0.05, 0.1) is 0 Å². The van der Waals surface area contributed by atoms with E-state index in [0.717, 1.165) is 35.1 Å². The lowest BCUT2D eigenvalue weighted by atomic mass is 9.86. The number of Topliss-reactive ketones (excluding diaryl/α,β-unsaturated/α-hetero) is 1. The Labute approximate surface area is 108 Å². The zero-order chi connectivity index (χ0) is 13.0. The van der Waals surface area contributed by atoms with Crippen molar-refractivity contribution in [2.24, 2.45) is 0 Å². The van der Waals surface area contributed by atoms with Gasteiger partial charge < -0.3 is 0 Å². The second-order valence-corrected chi connectivity index (χ2v) is 4.26. The van der Waals surface area contributed by atoms with Crippen LogP contribution in [0.3, 0.4) is 0 Å². The second-order valence-electron chi connectivity index (χ2n) is 4.26. The van der Waals surface area contributed by atoms with Gasteiger partial charge in [0, 0.05) is 11.1 Å². The van der Waals surface area contributed by atoms with Crippen molar-refractivity contribution in [2.45, 2.75) is 12.8 Å². The van der Waals surface area contributed by atoms with Gasteiger partial charge in [0.2, 0.25) is 0 Å². The zero-order valence-electron chi connectivity index (χ0n) is 10.4. The van der Waals surface area contributed by atoms with Gasteiger partial charge in [-0.25, -0.2) is 0 Å². The maximum Gasteiger partial charge on any atom is 0.189 e. The Hall–Kier alpha value is -2.15. The van der Waals surface area contributed by atoms with E-state index in [1.165, 1.54) is 0 Å². The van der Waals surface area contributed by atoms with Crippen LogP contribution in [0.15, 0.2) is 72.9 Å². The first-order valence-corrected chi connectivity index (χ1v) is 6.04. The average molecular weight is 236 g/mol. The lowest BCUT2D eigenvalue weighted by Gasteiger charge is -2.17. The molecule has 1 aliphatic rings. The maximum atomic E-state index is 12.3. The summed E-state index contributed by atoms with van der Waals surface area (Å²) in [4.78, 5) is 12.3. The van der Waals surface area contributed by atoms with Crippen molar-refractivity contribution in [3.63, 3.8) is 0 Å². The molecule has 0 fully saturated rings. The number of aryl methyl sites for hydroxylation is 1. The van der Waals surface area contributed by atoms with Crippen molar-refractivity contribution in [1.82, 2.24) is 0 Å². The van der Waals surface area contributed by atoms with Crippen molar-refractivity contribution < 1.29 is 4.79 Å². The Bertz CT molecular complexity index is 559. The molecular weight excluding hydrogens is 220 g/mol. The van der Waals surface area contributed by atoms with Crippen LogP contribution in [0, 0.1) is 0 Å². The predicted octanol–water partition coefficient (Wildman–Crippen LogP) is 4.04. The molecular formula is C17H16O. The first-order chi connectivity index (χ1) is 8.76. The van der Waals surface area contributed by atoms with E-state index >= 15 is 0 Å². The average Bonchev–Trinajstić information content (AvgIpc) is 2.41. The Morgan fingerprint density at radius 1 is 1.17 bits per heavy atom. The van der Waals surface area contributed by atoms with Crippen LogP contribution >= 0.6 is 0 Å². The molecule has 0 spiro atoms. The molecule has 0 atom stereocenters. The number of hydrogen-bond donors (Lipinski definition) is 0. The highest BCUT2D eigenvalue weighted by molar-refractivity contribution is 6.11. The van der Waals surface area contributed by atoms with Crippen molar-refractivity contribution in [1.29, 1.82) is 0 Å². The molecule has 0 saturated carbocycles. The van der Waals surface area contributed by atoms with E-state index in [4.69, 9.17) is 0 Å². The van der Waals surface area contributed by atoms with Crippen LogP contribution in [-0.2, 0) is 6.42 Å². The molecule has 0 amide bonds. The monoisotopic (exact) mass is 236 g/mol. The Morgan fingerprint density at radius 2 is 1.94 bits per heavy atom. The lowest BCUT2D eigenvalue weighted by molar-refractivity contribution is 0.102. The quantitative estimate of drug-likeness (QED) is 0.572.